The predicted octanol–water partition coefficient (Wildman–Crippen LogP) is 2.98. The Kier molecular flexibility index (Phi) is 4.39. The molecule has 1 atom stereocenters. The summed E-state index contributed by atoms with van der Waals surface area (Å²) < 4.78 is 0. The molecule has 0 amide bonds. The van der Waals surface area contributed by atoms with E-state index in [1.54, 1.807) is 0 Å². The quantitative estimate of drug-likeness (QED) is 0.738. The molecule has 1 rings (SSSR count). The fraction of sp³-hybridized carbons (Fsp3) is 0.429. The van der Waals surface area contributed by atoms with Crippen LogP contribution < -0.4 is 5.32 Å². The second-order valence-corrected chi connectivity index (χ2v) is 3.97. The van der Waals surface area contributed by atoms with Crippen molar-refractivity contribution in [1.29, 1.82) is 0 Å². The second kappa shape index (κ2) is 5.58. The number of benzene rings is 1. The molecule has 0 saturated carbocycles. The summed E-state index contributed by atoms with van der Waals surface area (Å²) >= 11 is 0. The summed E-state index contributed by atoms with van der Waals surface area (Å²) in [5.41, 5.74) is 3.73. The van der Waals surface area contributed by atoms with E-state index in [1.807, 2.05) is 0 Å². The van der Waals surface area contributed by atoms with Gasteiger partial charge in [0.05, 0.1) is 6.04 Å². The van der Waals surface area contributed by atoms with E-state index in [0.717, 1.165) is 13.0 Å². The van der Waals surface area contributed by atoms with Crippen molar-refractivity contribution < 1.29 is 0 Å². The zero-order valence-corrected chi connectivity index (χ0v) is 9.80. The molecule has 15 heavy (non-hydrogen) atoms. The second-order valence-electron chi connectivity index (χ2n) is 3.97. The van der Waals surface area contributed by atoms with Crippen molar-refractivity contribution in [2.75, 3.05) is 6.54 Å². The van der Waals surface area contributed by atoms with E-state index in [9.17, 15) is 0 Å². The third kappa shape index (κ3) is 3.42. The molecule has 0 heterocycles. The molecule has 0 aliphatic heterocycles. The van der Waals surface area contributed by atoms with E-state index in [4.69, 9.17) is 6.42 Å². The Morgan fingerprint density at radius 3 is 2.33 bits per heavy atom. The minimum Gasteiger partial charge on any atom is -0.300 e. The van der Waals surface area contributed by atoms with Gasteiger partial charge in [0.25, 0.3) is 0 Å². The van der Waals surface area contributed by atoms with Crippen molar-refractivity contribution in [3.05, 3.63) is 34.9 Å². The van der Waals surface area contributed by atoms with Crippen LogP contribution in [0.3, 0.4) is 0 Å². The number of hydrogen-bond donors (Lipinski definition) is 1. The van der Waals surface area contributed by atoms with E-state index in [1.165, 1.54) is 16.7 Å². The zero-order valence-electron chi connectivity index (χ0n) is 9.80. The van der Waals surface area contributed by atoms with E-state index in [0.29, 0.717) is 0 Å². The molecule has 0 saturated heterocycles. The fourth-order valence-electron chi connectivity index (χ4n) is 1.74. The first-order chi connectivity index (χ1) is 7.17. The maximum Gasteiger partial charge on any atom is 0.0943 e. The first-order valence-corrected chi connectivity index (χ1v) is 5.45. The number of terminal acetylenes is 1. The highest BCUT2D eigenvalue weighted by Crippen LogP contribution is 2.16. The van der Waals surface area contributed by atoms with Gasteiger partial charge in [-0.05, 0) is 32.4 Å². The summed E-state index contributed by atoms with van der Waals surface area (Å²) in [5.74, 6) is 2.80. The summed E-state index contributed by atoms with van der Waals surface area (Å²) in [6, 6.07) is 6.51. The molecule has 1 aromatic rings. The normalized spacial score (nSPS) is 12.1. The van der Waals surface area contributed by atoms with Gasteiger partial charge >= 0.3 is 0 Å². The smallest absolute Gasteiger partial charge is 0.0943 e. The van der Waals surface area contributed by atoms with E-state index in [2.05, 4.69) is 50.2 Å². The lowest BCUT2D eigenvalue weighted by Crippen LogP contribution is -2.20. The SMILES string of the molecule is C#CC(NCCC)c1cc(C)cc(C)c1. The average molecular weight is 201 g/mol. The molecule has 0 aromatic heterocycles. The van der Waals surface area contributed by atoms with Gasteiger partial charge in [0.1, 0.15) is 0 Å². The van der Waals surface area contributed by atoms with Crippen molar-refractivity contribution in [2.24, 2.45) is 0 Å². The maximum absolute atomic E-state index is 5.53. The molecular weight excluding hydrogens is 182 g/mol. The van der Waals surface area contributed by atoms with Gasteiger partial charge in [-0.1, -0.05) is 42.2 Å². The Bertz CT molecular complexity index is 340. The summed E-state index contributed by atoms with van der Waals surface area (Å²) in [7, 11) is 0. The Morgan fingerprint density at radius 2 is 1.87 bits per heavy atom. The van der Waals surface area contributed by atoms with Crippen LogP contribution in [0.5, 0.6) is 0 Å². The molecule has 0 radical (unpaired) electrons. The van der Waals surface area contributed by atoms with Gasteiger partial charge in [-0.2, -0.15) is 0 Å². The van der Waals surface area contributed by atoms with Crippen LogP contribution in [-0.2, 0) is 0 Å². The molecule has 1 nitrogen and oxygen atoms in total. The minimum atomic E-state index is 0.0450. The van der Waals surface area contributed by atoms with E-state index in [-0.39, 0.29) is 6.04 Å². The highest BCUT2D eigenvalue weighted by molar-refractivity contribution is 5.33. The number of hydrogen-bond acceptors (Lipinski definition) is 1. The standard InChI is InChI=1S/C14H19N/c1-5-7-15-14(6-2)13-9-11(3)8-12(4)10-13/h2,8-10,14-15H,5,7H2,1,3-4H3. The van der Waals surface area contributed by atoms with Crippen molar-refractivity contribution in [3.63, 3.8) is 0 Å². The molecule has 80 valence electrons. The Labute approximate surface area is 92.9 Å². The van der Waals surface area contributed by atoms with Crippen LogP contribution in [0, 0.1) is 26.2 Å². The van der Waals surface area contributed by atoms with Gasteiger partial charge in [-0.3, -0.25) is 0 Å². The third-order valence-corrected chi connectivity index (χ3v) is 2.34. The molecule has 1 unspecified atom stereocenters. The van der Waals surface area contributed by atoms with Crippen LogP contribution in [0.15, 0.2) is 18.2 Å². The summed E-state index contributed by atoms with van der Waals surface area (Å²) in [6.45, 7) is 7.30. The third-order valence-electron chi connectivity index (χ3n) is 2.34. The molecule has 1 heteroatoms. The van der Waals surface area contributed by atoms with Gasteiger partial charge in [0.2, 0.25) is 0 Å². The first-order valence-electron chi connectivity index (χ1n) is 5.45. The average Bonchev–Trinajstić information content (AvgIpc) is 2.17. The molecule has 0 fully saturated rings. The molecule has 0 aliphatic rings. The number of aryl methyl sites for hydroxylation is 2. The van der Waals surface area contributed by atoms with Crippen molar-refractivity contribution in [1.82, 2.24) is 5.32 Å². The Morgan fingerprint density at radius 1 is 1.27 bits per heavy atom. The van der Waals surface area contributed by atoms with Crippen LogP contribution >= 0.6 is 0 Å². The van der Waals surface area contributed by atoms with Gasteiger partial charge in [0, 0.05) is 0 Å². The summed E-state index contributed by atoms with van der Waals surface area (Å²) in [4.78, 5) is 0. The lowest BCUT2D eigenvalue weighted by molar-refractivity contribution is 0.626. The maximum atomic E-state index is 5.53. The zero-order chi connectivity index (χ0) is 11.3. The largest absolute Gasteiger partial charge is 0.300 e. The molecule has 0 aliphatic carbocycles. The highest BCUT2D eigenvalue weighted by Gasteiger charge is 2.07. The lowest BCUT2D eigenvalue weighted by atomic mass is 10.0. The molecule has 1 N–H and O–H groups in total. The highest BCUT2D eigenvalue weighted by atomic mass is 14.9. The topological polar surface area (TPSA) is 12.0 Å². The predicted molar refractivity (Wildman–Crippen MR) is 65.8 cm³/mol. The van der Waals surface area contributed by atoms with E-state index >= 15 is 0 Å². The van der Waals surface area contributed by atoms with Gasteiger partial charge in [-0.25, -0.2) is 0 Å². The lowest BCUT2D eigenvalue weighted by Gasteiger charge is -2.14. The van der Waals surface area contributed by atoms with Crippen LogP contribution in [0.1, 0.15) is 36.1 Å². The number of rotatable bonds is 4. The van der Waals surface area contributed by atoms with Crippen molar-refractivity contribution in [3.8, 4) is 12.3 Å². The van der Waals surface area contributed by atoms with Crippen LogP contribution in [0.25, 0.3) is 0 Å². The van der Waals surface area contributed by atoms with Gasteiger partial charge in [0.15, 0.2) is 0 Å². The van der Waals surface area contributed by atoms with Crippen LogP contribution in [0.2, 0.25) is 0 Å². The Balaban J connectivity index is 2.87. The number of nitrogens with one attached hydrogen (secondary N) is 1. The first kappa shape index (κ1) is 11.8. The molecule has 0 spiro atoms. The van der Waals surface area contributed by atoms with Crippen molar-refractivity contribution in [2.45, 2.75) is 33.2 Å². The van der Waals surface area contributed by atoms with Gasteiger partial charge < -0.3 is 5.32 Å². The van der Waals surface area contributed by atoms with Gasteiger partial charge in [-0.15, -0.1) is 6.42 Å². The summed E-state index contributed by atoms with van der Waals surface area (Å²) in [6.07, 6.45) is 6.63. The van der Waals surface area contributed by atoms with Crippen molar-refractivity contribution >= 4 is 0 Å². The molecule has 0 bridgehead atoms. The Hall–Kier alpha value is -1.26. The molecular formula is C14H19N. The summed E-state index contributed by atoms with van der Waals surface area (Å²) in [5, 5.41) is 3.35. The minimum absolute atomic E-state index is 0.0450. The van der Waals surface area contributed by atoms with E-state index < -0.39 is 0 Å². The monoisotopic (exact) mass is 201 g/mol. The molecule has 1 aromatic carbocycles. The van der Waals surface area contributed by atoms with Crippen LogP contribution in [0.4, 0.5) is 0 Å². The van der Waals surface area contributed by atoms with Crippen LogP contribution in [-0.4, -0.2) is 6.54 Å². The fourth-order valence-corrected chi connectivity index (χ4v) is 1.74.